The Labute approximate surface area is 110 Å². The number of hydrogen-bond acceptors (Lipinski definition) is 2. The van der Waals surface area contributed by atoms with Crippen molar-refractivity contribution in [3.05, 3.63) is 34.9 Å². The second-order valence-electron chi connectivity index (χ2n) is 5.94. The number of aryl methyl sites for hydroxylation is 2. The average molecular weight is 248 g/mol. The standard InChI is InChI=1S/C16H24O2/c1-7-18-15(16(4,5)6)14(17)13-9-11(2)8-12(3)10-13/h8-10,15H,7H2,1-6H3. The summed E-state index contributed by atoms with van der Waals surface area (Å²) < 4.78 is 5.65. The second-order valence-corrected chi connectivity index (χ2v) is 5.94. The van der Waals surface area contributed by atoms with E-state index in [2.05, 4.69) is 6.07 Å². The van der Waals surface area contributed by atoms with Crippen LogP contribution in [0.25, 0.3) is 0 Å². The lowest BCUT2D eigenvalue weighted by molar-refractivity contribution is -0.000228. The van der Waals surface area contributed by atoms with E-state index in [0.29, 0.717) is 6.61 Å². The Morgan fingerprint density at radius 1 is 1.17 bits per heavy atom. The Morgan fingerprint density at radius 3 is 2.06 bits per heavy atom. The van der Waals surface area contributed by atoms with Crippen LogP contribution >= 0.6 is 0 Å². The highest BCUT2D eigenvalue weighted by atomic mass is 16.5. The van der Waals surface area contributed by atoms with E-state index in [1.807, 2.05) is 53.7 Å². The zero-order chi connectivity index (χ0) is 13.9. The van der Waals surface area contributed by atoms with Gasteiger partial charge < -0.3 is 4.74 Å². The fraction of sp³-hybridized carbons (Fsp3) is 0.562. The highest BCUT2D eigenvalue weighted by Gasteiger charge is 2.32. The number of ketones is 1. The van der Waals surface area contributed by atoms with Gasteiger partial charge in [-0.25, -0.2) is 0 Å². The molecule has 1 aromatic carbocycles. The minimum absolute atomic E-state index is 0.0798. The van der Waals surface area contributed by atoms with Crippen LogP contribution in [-0.2, 0) is 4.74 Å². The van der Waals surface area contributed by atoms with Gasteiger partial charge in [-0.2, -0.15) is 0 Å². The Kier molecular flexibility index (Phi) is 4.69. The van der Waals surface area contributed by atoms with Gasteiger partial charge in [-0.1, -0.05) is 38.0 Å². The van der Waals surface area contributed by atoms with Crippen molar-refractivity contribution in [2.45, 2.75) is 47.6 Å². The maximum Gasteiger partial charge on any atom is 0.192 e. The molecule has 0 aliphatic carbocycles. The van der Waals surface area contributed by atoms with Crippen molar-refractivity contribution >= 4 is 5.78 Å². The number of hydrogen-bond donors (Lipinski definition) is 0. The molecule has 0 bridgehead atoms. The first-order valence-corrected chi connectivity index (χ1v) is 6.50. The number of benzene rings is 1. The van der Waals surface area contributed by atoms with Crippen molar-refractivity contribution in [3.63, 3.8) is 0 Å². The summed E-state index contributed by atoms with van der Waals surface area (Å²) in [7, 11) is 0. The van der Waals surface area contributed by atoms with E-state index in [-0.39, 0.29) is 17.3 Å². The minimum atomic E-state index is -0.385. The summed E-state index contributed by atoms with van der Waals surface area (Å²) in [5.41, 5.74) is 2.79. The minimum Gasteiger partial charge on any atom is -0.370 e. The smallest absolute Gasteiger partial charge is 0.192 e. The second kappa shape index (κ2) is 5.66. The number of Topliss-reactive ketones (excluding diaryl/α,β-unsaturated/α-hetero) is 1. The van der Waals surface area contributed by atoms with Crippen LogP contribution in [0.4, 0.5) is 0 Å². The first-order valence-electron chi connectivity index (χ1n) is 6.50. The summed E-state index contributed by atoms with van der Waals surface area (Å²) in [5.74, 6) is 0.0798. The predicted molar refractivity (Wildman–Crippen MR) is 75.1 cm³/mol. The number of ether oxygens (including phenoxy) is 1. The third-order valence-electron chi connectivity index (χ3n) is 2.86. The molecule has 2 heteroatoms. The van der Waals surface area contributed by atoms with Crippen LogP contribution in [0.1, 0.15) is 49.2 Å². The van der Waals surface area contributed by atoms with Gasteiger partial charge in [0, 0.05) is 12.2 Å². The van der Waals surface area contributed by atoms with Gasteiger partial charge in [0.05, 0.1) is 0 Å². The Morgan fingerprint density at radius 2 is 1.67 bits per heavy atom. The maximum atomic E-state index is 12.6. The lowest BCUT2D eigenvalue weighted by Crippen LogP contribution is -2.37. The van der Waals surface area contributed by atoms with Crippen molar-refractivity contribution in [2.75, 3.05) is 6.61 Å². The molecule has 0 aromatic heterocycles. The van der Waals surface area contributed by atoms with Crippen LogP contribution < -0.4 is 0 Å². The van der Waals surface area contributed by atoms with Gasteiger partial charge >= 0.3 is 0 Å². The lowest BCUT2D eigenvalue weighted by Gasteiger charge is -2.29. The molecular formula is C16H24O2. The number of rotatable bonds is 4. The summed E-state index contributed by atoms with van der Waals surface area (Å²) in [6.07, 6.45) is -0.385. The molecule has 0 aliphatic heterocycles. The van der Waals surface area contributed by atoms with Crippen molar-refractivity contribution < 1.29 is 9.53 Å². The molecule has 0 N–H and O–H groups in total. The summed E-state index contributed by atoms with van der Waals surface area (Å²) in [5, 5.41) is 0. The summed E-state index contributed by atoms with van der Waals surface area (Å²) in [4.78, 5) is 12.6. The summed E-state index contributed by atoms with van der Waals surface area (Å²) >= 11 is 0. The maximum absolute atomic E-state index is 12.6. The molecule has 0 aliphatic rings. The molecule has 1 aromatic rings. The molecule has 0 radical (unpaired) electrons. The molecule has 1 unspecified atom stereocenters. The van der Waals surface area contributed by atoms with Crippen LogP contribution in [0.3, 0.4) is 0 Å². The van der Waals surface area contributed by atoms with Crippen molar-refractivity contribution in [1.29, 1.82) is 0 Å². The summed E-state index contributed by atoms with van der Waals surface area (Å²) in [6.45, 7) is 12.6. The molecule has 2 nitrogen and oxygen atoms in total. The fourth-order valence-corrected chi connectivity index (χ4v) is 2.15. The van der Waals surface area contributed by atoms with Gasteiger partial charge in [0.2, 0.25) is 0 Å². The zero-order valence-corrected chi connectivity index (χ0v) is 12.3. The van der Waals surface area contributed by atoms with Crippen LogP contribution in [0.5, 0.6) is 0 Å². The molecule has 1 rings (SSSR count). The first kappa shape index (κ1) is 14.9. The van der Waals surface area contributed by atoms with Gasteiger partial charge in [-0.3, -0.25) is 4.79 Å². The molecular weight excluding hydrogens is 224 g/mol. The van der Waals surface area contributed by atoms with E-state index >= 15 is 0 Å². The van der Waals surface area contributed by atoms with E-state index in [0.717, 1.165) is 16.7 Å². The van der Waals surface area contributed by atoms with E-state index < -0.39 is 0 Å². The normalized spacial score (nSPS) is 13.4. The van der Waals surface area contributed by atoms with E-state index in [1.54, 1.807) is 0 Å². The van der Waals surface area contributed by atoms with Crippen molar-refractivity contribution in [3.8, 4) is 0 Å². The molecule has 0 heterocycles. The van der Waals surface area contributed by atoms with Crippen molar-refractivity contribution in [1.82, 2.24) is 0 Å². The lowest BCUT2D eigenvalue weighted by atomic mass is 9.84. The van der Waals surface area contributed by atoms with Gasteiger partial charge in [0.15, 0.2) is 5.78 Å². The van der Waals surface area contributed by atoms with E-state index in [4.69, 9.17) is 4.74 Å². The molecule has 100 valence electrons. The monoisotopic (exact) mass is 248 g/mol. The number of carbonyl (C=O) groups is 1. The largest absolute Gasteiger partial charge is 0.370 e. The predicted octanol–water partition coefficient (Wildman–Crippen LogP) is 3.94. The van der Waals surface area contributed by atoms with E-state index in [1.165, 1.54) is 0 Å². The quantitative estimate of drug-likeness (QED) is 0.754. The van der Waals surface area contributed by atoms with Gasteiger partial charge in [-0.15, -0.1) is 0 Å². The molecule has 1 atom stereocenters. The molecule has 18 heavy (non-hydrogen) atoms. The fourth-order valence-electron chi connectivity index (χ4n) is 2.15. The van der Waals surface area contributed by atoms with Gasteiger partial charge in [-0.05, 0) is 38.3 Å². The zero-order valence-electron chi connectivity index (χ0n) is 12.3. The third kappa shape index (κ3) is 3.67. The molecule has 0 saturated heterocycles. The highest BCUT2D eigenvalue weighted by molar-refractivity contribution is 6.00. The number of carbonyl (C=O) groups excluding carboxylic acids is 1. The van der Waals surface area contributed by atoms with Gasteiger partial charge in [0.25, 0.3) is 0 Å². The molecule has 0 saturated carbocycles. The van der Waals surface area contributed by atoms with Crippen LogP contribution in [0.2, 0.25) is 0 Å². The highest BCUT2D eigenvalue weighted by Crippen LogP contribution is 2.26. The Balaban J connectivity index is 3.09. The first-order chi connectivity index (χ1) is 8.25. The molecule has 0 amide bonds. The van der Waals surface area contributed by atoms with Gasteiger partial charge in [0.1, 0.15) is 6.10 Å². The molecule has 0 spiro atoms. The van der Waals surface area contributed by atoms with Crippen molar-refractivity contribution in [2.24, 2.45) is 5.41 Å². The SMILES string of the molecule is CCOC(C(=O)c1cc(C)cc(C)c1)C(C)(C)C. The molecule has 0 fully saturated rings. The third-order valence-corrected chi connectivity index (χ3v) is 2.86. The topological polar surface area (TPSA) is 26.3 Å². The van der Waals surface area contributed by atoms with E-state index in [9.17, 15) is 4.79 Å². The average Bonchev–Trinajstić information content (AvgIpc) is 2.22. The summed E-state index contributed by atoms with van der Waals surface area (Å²) in [6, 6.07) is 5.95. The Hall–Kier alpha value is -1.15. The van der Waals surface area contributed by atoms with Crippen LogP contribution in [0.15, 0.2) is 18.2 Å². The van der Waals surface area contributed by atoms with Crippen LogP contribution in [0, 0.1) is 19.3 Å². The Bertz CT molecular complexity index is 407. The van der Waals surface area contributed by atoms with Crippen LogP contribution in [-0.4, -0.2) is 18.5 Å².